The number of dihydropyridines is 1. The number of allylic oxidation sites excluding steroid dienone is 2. The number of carboxylic acid groups (broad SMARTS) is 1. The molecule has 10 heteroatoms. The first-order valence-corrected chi connectivity index (χ1v) is 13.5. The highest BCUT2D eigenvalue weighted by molar-refractivity contribution is 6.31. The predicted molar refractivity (Wildman–Crippen MR) is 152 cm³/mol. The minimum atomic E-state index is -1.14. The van der Waals surface area contributed by atoms with Crippen LogP contribution in [-0.4, -0.2) is 61.3 Å². The lowest BCUT2D eigenvalue weighted by Crippen LogP contribution is -2.35. The lowest BCUT2D eigenvalue weighted by Gasteiger charge is -2.29. The summed E-state index contributed by atoms with van der Waals surface area (Å²) in [6.45, 7) is 7.19. The maximum atomic E-state index is 12.3. The van der Waals surface area contributed by atoms with Crippen LogP contribution in [-0.2, 0) is 9.53 Å². The minimum absolute atomic E-state index is 0.0310. The average molecular weight is 570 g/mol. The SMILES string of the molecule is CC1=C(C#N)C(c2ccccc2Cl)C(C(=O)O)=C(COCCCOc2ccc(OCC(O)CNC(C)C)cc2)N1. The summed E-state index contributed by atoms with van der Waals surface area (Å²) < 4.78 is 17.2. The van der Waals surface area contributed by atoms with Gasteiger partial charge in [-0.3, -0.25) is 0 Å². The molecule has 2 aromatic rings. The van der Waals surface area contributed by atoms with Gasteiger partial charge in [0.25, 0.3) is 0 Å². The molecule has 0 fully saturated rings. The summed E-state index contributed by atoms with van der Waals surface area (Å²) in [6.07, 6.45) is -0.0188. The molecule has 0 radical (unpaired) electrons. The number of nitriles is 1. The Hall–Kier alpha value is -3.55. The number of rotatable bonds is 15. The van der Waals surface area contributed by atoms with Crippen molar-refractivity contribution in [2.24, 2.45) is 0 Å². The van der Waals surface area contributed by atoms with Crippen molar-refractivity contribution in [3.05, 3.63) is 81.7 Å². The van der Waals surface area contributed by atoms with E-state index in [1.165, 1.54) is 0 Å². The fourth-order valence-corrected chi connectivity index (χ4v) is 4.46. The Morgan fingerprint density at radius 3 is 2.42 bits per heavy atom. The van der Waals surface area contributed by atoms with E-state index >= 15 is 0 Å². The number of hydrogen-bond donors (Lipinski definition) is 4. The van der Waals surface area contributed by atoms with Gasteiger partial charge in [-0.05, 0) is 42.8 Å². The van der Waals surface area contributed by atoms with Gasteiger partial charge in [0.1, 0.15) is 24.2 Å². The third-order valence-corrected chi connectivity index (χ3v) is 6.53. The largest absolute Gasteiger partial charge is 0.494 e. The molecule has 0 amide bonds. The van der Waals surface area contributed by atoms with Gasteiger partial charge in [-0.1, -0.05) is 43.6 Å². The second kappa shape index (κ2) is 15.3. The van der Waals surface area contributed by atoms with Crippen molar-refractivity contribution >= 4 is 17.6 Å². The zero-order valence-electron chi connectivity index (χ0n) is 22.9. The molecule has 0 aromatic heterocycles. The van der Waals surface area contributed by atoms with Crippen LogP contribution in [0.4, 0.5) is 0 Å². The third kappa shape index (κ3) is 8.73. The Kier molecular flexibility index (Phi) is 11.8. The van der Waals surface area contributed by atoms with E-state index in [9.17, 15) is 20.3 Å². The Balaban J connectivity index is 1.49. The Bertz CT molecular complexity index is 1250. The van der Waals surface area contributed by atoms with Crippen LogP contribution in [0.1, 0.15) is 38.7 Å². The van der Waals surface area contributed by atoms with Gasteiger partial charge >= 0.3 is 5.97 Å². The van der Waals surface area contributed by atoms with Crippen molar-refractivity contribution in [3.63, 3.8) is 0 Å². The second-order valence-corrected chi connectivity index (χ2v) is 10.1. The quantitative estimate of drug-likeness (QED) is 0.230. The second-order valence-electron chi connectivity index (χ2n) is 9.68. The van der Waals surface area contributed by atoms with E-state index < -0.39 is 18.0 Å². The third-order valence-electron chi connectivity index (χ3n) is 6.19. The smallest absolute Gasteiger partial charge is 0.334 e. The van der Waals surface area contributed by atoms with Gasteiger partial charge < -0.3 is 35.1 Å². The first-order chi connectivity index (χ1) is 19.2. The van der Waals surface area contributed by atoms with Crippen molar-refractivity contribution in [1.29, 1.82) is 5.26 Å². The fraction of sp³-hybridized carbons (Fsp3) is 0.400. The standard InChI is InChI=1S/C30H36ClN3O6/c1-19(2)33-16-21(35)17-40-23-11-9-22(10-12-23)39-14-6-13-38-18-27-29(30(36)37)28(25(15-32)20(3)34-27)24-7-4-5-8-26(24)31/h4-5,7-12,19,21,28,33-35H,6,13-14,16-18H2,1-3H3,(H,36,37). The molecule has 4 N–H and O–H groups in total. The molecular formula is C30H36ClN3O6. The number of aliphatic hydroxyl groups excluding tert-OH is 1. The molecule has 0 saturated heterocycles. The molecule has 1 heterocycles. The normalized spacial score (nSPS) is 16.0. The number of aliphatic carboxylic acids is 1. The first kappa shape index (κ1) is 31.0. The molecule has 0 spiro atoms. The van der Waals surface area contributed by atoms with Gasteiger partial charge in [0.15, 0.2) is 0 Å². The monoisotopic (exact) mass is 569 g/mol. The summed E-state index contributed by atoms with van der Waals surface area (Å²) >= 11 is 6.38. The summed E-state index contributed by atoms with van der Waals surface area (Å²) in [5.41, 5.74) is 1.85. The highest BCUT2D eigenvalue weighted by Crippen LogP contribution is 2.40. The van der Waals surface area contributed by atoms with Crippen LogP contribution in [0.15, 0.2) is 71.1 Å². The van der Waals surface area contributed by atoms with Crippen LogP contribution in [0.25, 0.3) is 0 Å². The van der Waals surface area contributed by atoms with Gasteiger partial charge in [-0.15, -0.1) is 0 Å². The zero-order chi connectivity index (χ0) is 29.1. The number of nitrogens with one attached hydrogen (secondary N) is 2. The molecule has 2 unspecified atom stereocenters. The van der Waals surface area contributed by atoms with Crippen LogP contribution in [0.2, 0.25) is 5.02 Å². The minimum Gasteiger partial charge on any atom is -0.494 e. The lowest BCUT2D eigenvalue weighted by molar-refractivity contribution is -0.133. The summed E-state index contributed by atoms with van der Waals surface area (Å²) in [5, 5.41) is 36.4. The molecule has 0 saturated carbocycles. The van der Waals surface area contributed by atoms with E-state index in [1.807, 2.05) is 13.8 Å². The topological polar surface area (TPSA) is 133 Å². The van der Waals surface area contributed by atoms with Gasteiger partial charge in [0, 0.05) is 29.7 Å². The molecule has 40 heavy (non-hydrogen) atoms. The zero-order valence-corrected chi connectivity index (χ0v) is 23.7. The van der Waals surface area contributed by atoms with E-state index in [-0.39, 0.29) is 18.8 Å². The molecule has 2 atom stereocenters. The van der Waals surface area contributed by atoms with Gasteiger partial charge in [0.2, 0.25) is 0 Å². The van der Waals surface area contributed by atoms with Crippen molar-refractivity contribution in [2.45, 2.75) is 45.3 Å². The number of aliphatic hydroxyl groups is 1. The molecule has 0 aliphatic carbocycles. The summed E-state index contributed by atoms with van der Waals surface area (Å²) in [6, 6.07) is 16.5. The van der Waals surface area contributed by atoms with E-state index in [0.29, 0.717) is 71.3 Å². The van der Waals surface area contributed by atoms with Gasteiger partial charge in [-0.2, -0.15) is 5.26 Å². The number of carboxylic acids is 1. The van der Waals surface area contributed by atoms with Crippen LogP contribution >= 0.6 is 11.6 Å². The van der Waals surface area contributed by atoms with Gasteiger partial charge in [0.05, 0.1) is 48.7 Å². The fourth-order valence-electron chi connectivity index (χ4n) is 4.21. The van der Waals surface area contributed by atoms with Crippen LogP contribution in [0.3, 0.4) is 0 Å². The Morgan fingerprint density at radius 1 is 1.12 bits per heavy atom. The Labute approximate surface area is 240 Å². The molecule has 1 aliphatic rings. The summed E-state index contributed by atoms with van der Waals surface area (Å²) in [5.74, 6) is -0.632. The number of benzene rings is 2. The number of ether oxygens (including phenoxy) is 3. The highest BCUT2D eigenvalue weighted by atomic mass is 35.5. The first-order valence-electron chi connectivity index (χ1n) is 13.1. The number of halogens is 1. The molecule has 1 aliphatic heterocycles. The maximum absolute atomic E-state index is 12.3. The average Bonchev–Trinajstić information content (AvgIpc) is 2.93. The summed E-state index contributed by atoms with van der Waals surface area (Å²) in [4.78, 5) is 12.3. The number of carbonyl (C=O) groups is 1. The van der Waals surface area contributed by atoms with Crippen molar-refractivity contribution in [3.8, 4) is 17.6 Å². The van der Waals surface area contributed by atoms with Crippen molar-refractivity contribution < 1.29 is 29.2 Å². The van der Waals surface area contributed by atoms with Crippen LogP contribution in [0, 0.1) is 11.3 Å². The van der Waals surface area contributed by atoms with E-state index in [1.54, 1.807) is 55.5 Å². The Morgan fingerprint density at radius 2 is 1.80 bits per heavy atom. The van der Waals surface area contributed by atoms with Crippen molar-refractivity contribution in [1.82, 2.24) is 10.6 Å². The molecule has 214 valence electrons. The molecule has 0 bridgehead atoms. The van der Waals surface area contributed by atoms with E-state index in [0.717, 1.165) is 0 Å². The molecule has 9 nitrogen and oxygen atoms in total. The van der Waals surface area contributed by atoms with Crippen molar-refractivity contribution in [2.75, 3.05) is 33.0 Å². The number of hydrogen-bond acceptors (Lipinski definition) is 8. The van der Waals surface area contributed by atoms with Crippen LogP contribution in [0.5, 0.6) is 11.5 Å². The summed E-state index contributed by atoms with van der Waals surface area (Å²) in [7, 11) is 0. The lowest BCUT2D eigenvalue weighted by atomic mass is 9.81. The molecule has 3 rings (SSSR count). The van der Waals surface area contributed by atoms with E-state index in [2.05, 4.69) is 16.7 Å². The van der Waals surface area contributed by atoms with E-state index in [4.69, 9.17) is 25.8 Å². The molecule has 2 aromatic carbocycles. The van der Waals surface area contributed by atoms with Crippen LogP contribution < -0.4 is 20.1 Å². The van der Waals surface area contributed by atoms with Gasteiger partial charge in [-0.25, -0.2) is 4.79 Å². The maximum Gasteiger partial charge on any atom is 0.334 e. The highest BCUT2D eigenvalue weighted by Gasteiger charge is 2.35. The number of nitrogens with zero attached hydrogens (tertiary/aromatic N) is 1. The predicted octanol–water partition coefficient (Wildman–Crippen LogP) is 4.39. The molecular weight excluding hydrogens is 534 g/mol.